The van der Waals surface area contributed by atoms with Crippen LogP contribution in [0.4, 0.5) is 8.78 Å². The van der Waals surface area contributed by atoms with E-state index in [0.29, 0.717) is 61.2 Å². The molecule has 8 heteroatoms. The maximum atomic E-state index is 12.4. The normalized spacial score (nSPS) is 18.7. The lowest BCUT2D eigenvalue weighted by Gasteiger charge is -2.32. The predicted octanol–water partition coefficient (Wildman–Crippen LogP) is 2.57. The number of halogens is 3. The third-order valence-electron chi connectivity index (χ3n) is 4.18. The van der Waals surface area contributed by atoms with Gasteiger partial charge in [0, 0.05) is 24.7 Å². The summed E-state index contributed by atoms with van der Waals surface area (Å²) in [5, 5.41) is 3.27. The monoisotopic (exact) mass is 360 g/mol. The van der Waals surface area contributed by atoms with E-state index in [9.17, 15) is 13.6 Å². The number of ether oxygens (including phenoxy) is 2. The van der Waals surface area contributed by atoms with Gasteiger partial charge in [-0.2, -0.15) is 0 Å². The van der Waals surface area contributed by atoms with Crippen LogP contribution in [0.25, 0.3) is 0 Å². The Bertz CT molecular complexity index is 607. The average molecular weight is 361 g/mol. The summed E-state index contributed by atoms with van der Waals surface area (Å²) in [6, 6.07) is 3.14. The van der Waals surface area contributed by atoms with Crippen molar-refractivity contribution in [3.8, 4) is 11.5 Å². The number of fused-ring (bicyclic) bond motifs is 1. The molecule has 0 spiro atoms. The molecule has 24 heavy (non-hydrogen) atoms. The zero-order valence-electron chi connectivity index (χ0n) is 13.1. The highest BCUT2D eigenvalue weighted by atomic mass is 35.5. The van der Waals surface area contributed by atoms with Gasteiger partial charge < -0.3 is 14.8 Å². The number of hydrogen-bond donors (Lipinski definition) is 1. The van der Waals surface area contributed by atoms with Crippen LogP contribution >= 0.6 is 11.6 Å². The van der Waals surface area contributed by atoms with E-state index in [0.717, 1.165) is 0 Å². The van der Waals surface area contributed by atoms with Gasteiger partial charge in [-0.05, 0) is 25.0 Å². The van der Waals surface area contributed by atoms with Gasteiger partial charge in [-0.3, -0.25) is 9.69 Å². The summed E-state index contributed by atoms with van der Waals surface area (Å²) in [7, 11) is 0. The van der Waals surface area contributed by atoms with Gasteiger partial charge in [0.25, 0.3) is 12.3 Å². The number of piperidine rings is 1. The highest BCUT2D eigenvalue weighted by molar-refractivity contribution is 6.32. The number of likely N-dealkylation sites (tertiary alicyclic amines) is 1. The number of nitrogens with one attached hydrogen (secondary N) is 1. The van der Waals surface area contributed by atoms with Gasteiger partial charge >= 0.3 is 0 Å². The first-order valence-electron chi connectivity index (χ1n) is 7.93. The third-order valence-corrected chi connectivity index (χ3v) is 4.46. The lowest BCUT2D eigenvalue weighted by atomic mass is 10.0. The van der Waals surface area contributed by atoms with E-state index in [2.05, 4.69) is 5.32 Å². The Balaban J connectivity index is 1.59. The Morgan fingerprint density at radius 3 is 2.71 bits per heavy atom. The fourth-order valence-corrected chi connectivity index (χ4v) is 3.23. The van der Waals surface area contributed by atoms with Crippen molar-refractivity contribution in [2.45, 2.75) is 25.3 Å². The van der Waals surface area contributed by atoms with Crippen molar-refractivity contribution in [2.24, 2.45) is 0 Å². The standard InChI is InChI=1S/C16H19ClF2N2O3/c17-12-7-10(8-13-15(12)24-6-5-23-13)16(22)20-11-1-3-21(4-2-11)9-14(18)19/h7-8,11,14H,1-6,9H2,(H,20,22). The molecule has 1 fully saturated rings. The maximum Gasteiger partial charge on any atom is 0.251 e. The topological polar surface area (TPSA) is 50.8 Å². The molecule has 1 aromatic rings. The first kappa shape index (κ1) is 17.2. The Hall–Kier alpha value is -1.60. The molecular formula is C16H19ClF2N2O3. The highest BCUT2D eigenvalue weighted by Gasteiger charge is 2.24. The van der Waals surface area contributed by atoms with Crippen molar-refractivity contribution in [1.29, 1.82) is 0 Å². The van der Waals surface area contributed by atoms with Crippen molar-refractivity contribution < 1.29 is 23.0 Å². The summed E-state index contributed by atoms with van der Waals surface area (Å²) in [5.74, 6) is 0.673. The fraction of sp³-hybridized carbons (Fsp3) is 0.562. The summed E-state index contributed by atoms with van der Waals surface area (Å²) in [6.45, 7) is 1.74. The Morgan fingerprint density at radius 1 is 1.29 bits per heavy atom. The lowest BCUT2D eigenvalue weighted by Crippen LogP contribution is -2.45. The second-order valence-electron chi connectivity index (χ2n) is 5.92. The molecule has 3 rings (SSSR count). The van der Waals surface area contributed by atoms with E-state index < -0.39 is 6.43 Å². The van der Waals surface area contributed by atoms with Crippen LogP contribution in [0.1, 0.15) is 23.2 Å². The predicted molar refractivity (Wildman–Crippen MR) is 85.4 cm³/mol. The zero-order chi connectivity index (χ0) is 17.1. The van der Waals surface area contributed by atoms with Crippen molar-refractivity contribution in [3.05, 3.63) is 22.7 Å². The minimum atomic E-state index is -2.32. The smallest absolute Gasteiger partial charge is 0.251 e. The number of amides is 1. The quantitative estimate of drug-likeness (QED) is 0.896. The number of alkyl halides is 2. The second-order valence-corrected chi connectivity index (χ2v) is 6.33. The van der Waals surface area contributed by atoms with E-state index in [1.807, 2.05) is 0 Å². The lowest BCUT2D eigenvalue weighted by molar-refractivity contribution is 0.0696. The number of carbonyl (C=O) groups is 1. The largest absolute Gasteiger partial charge is 0.486 e. The molecular weight excluding hydrogens is 342 g/mol. The third kappa shape index (κ3) is 4.08. The summed E-state index contributed by atoms with van der Waals surface area (Å²) in [6.07, 6.45) is -1.02. The van der Waals surface area contributed by atoms with E-state index in [4.69, 9.17) is 21.1 Å². The molecule has 2 aliphatic rings. The molecule has 2 heterocycles. The van der Waals surface area contributed by atoms with Gasteiger partial charge in [0.05, 0.1) is 11.6 Å². The maximum absolute atomic E-state index is 12.4. The van der Waals surface area contributed by atoms with Crippen molar-refractivity contribution in [3.63, 3.8) is 0 Å². The molecule has 0 radical (unpaired) electrons. The fourth-order valence-electron chi connectivity index (χ4n) is 2.97. The first-order chi connectivity index (χ1) is 11.5. The van der Waals surface area contributed by atoms with Crippen LogP contribution in [0.2, 0.25) is 5.02 Å². The molecule has 0 atom stereocenters. The van der Waals surface area contributed by atoms with E-state index in [-0.39, 0.29) is 18.5 Å². The van der Waals surface area contributed by atoms with Crippen LogP contribution in [-0.2, 0) is 0 Å². The zero-order valence-corrected chi connectivity index (χ0v) is 13.8. The number of hydrogen-bond acceptors (Lipinski definition) is 4. The Labute approximate surface area is 143 Å². The SMILES string of the molecule is O=C(NC1CCN(CC(F)F)CC1)c1cc(Cl)c2c(c1)OCCO2. The molecule has 1 N–H and O–H groups in total. The molecule has 1 aromatic carbocycles. The van der Waals surface area contributed by atoms with E-state index in [1.165, 1.54) is 0 Å². The Morgan fingerprint density at radius 2 is 2.00 bits per heavy atom. The first-order valence-corrected chi connectivity index (χ1v) is 8.31. The van der Waals surface area contributed by atoms with Crippen LogP contribution in [-0.4, -0.2) is 56.1 Å². The van der Waals surface area contributed by atoms with Gasteiger partial charge in [-0.25, -0.2) is 8.78 Å². The molecule has 0 saturated carbocycles. The summed E-state index contributed by atoms with van der Waals surface area (Å²) >= 11 is 6.14. The number of benzene rings is 1. The van der Waals surface area contributed by atoms with Crippen molar-refractivity contribution >= 4 is 17.5 Å². The number of nitrogens with zero attached hydrogens (tertiary/aromatic N) is 1. The summed E-state index contributed by atoms with van der Waals surface area (Å²) < 4.78 is 35.7. The van der Waals surface area contributed by atoms with Crippen LogP contribution in [0.3, 0.4) is 0 Å². The molecule has 0 aromatic heterocycles. The van der Waals surface area contributed by atoms with Crippen molar-refractivity contribution in [1.82, 2.24) is 10.2 Å². The van der Waals surface area contributed by atoms with E-state index in [1.54, 1.807) is 17.0 Å². The second kappa shape index (κ2) is 7.53. The Kier molecular flexibility index (Phi) is 5.40. The van der Waals surface area contributed by atoms with Crippen molar-refractivity contribution in [2.75, 3.05) is 32.8 Å². The molecule has 0 aliphatic carbocycles. The molecule has 0 bridgehead atoms. The number of rotatable bonds is 4. The van der Waals surface area contributed by atoms with Gasteiger partial charge in [0.1, 0.15) is 13.2 Å². The van der Waals surface area contributed by atoms with Gasteiger partial charge in [0.2, 0.25) is 0 Å². The van der Waals surface area contributed by atoms with Gasteiger partial charge in [-0.1, -0.05) is 11.6 Å². The molecule has 132 valence electrons. The van der Waals surface area contributed by atoms with Crippen LogP contribution < -0.4 is 14.8 Å². The van der Waals surface area contributed by atoms with Crippen LogP contribution in [0, 0.1) is 0 Å². The average Bonchev–Trinajstić information content (AvgIpc) is 2.56. The summed E-state index contributed by atoms with van der Waals surface area (Å²) in [5.41, 5.74) is 0.402. The molecule has 1 saturated heterocycles. The van der Waals surface area contributed by atoms with Gasteiger partial charge in [-0.15, -0.1) is 0 Å². The number of carbonyl (C=O) groups excluding carboxylic acids is 1. The highest BCUT2D eigenvalue weighted by Crippen LogP contribution is 2.38. The molecule has 0 unspecified atom stereocenters. The molecule has 5 nitrogen and oxygen atoms in total. The molecule has 2 aliphatic heterocycles. The van der Waals surface area contributed by atoms with Crippen LogP contribution in [0.15, 0.2) is 12.1 Å². The van der Waals surface area contributed by atoms with Gasteiger partial charge in [0.15, 0.2) is 11.5 Å². The molecule has 1 amide bonds. The summed E-state index contributed by atoms with van der Waals surface area (Å²) in [4.78, 5) is 14.1. The minimum Gasteiger partial charge on any atom is -0.486 e. The minimum absolute atomic E-state index is 0.0293. The van der Waals surface area contributed by atoms with E-state index >= 15 is 0 Å². The van der Waals surface area contributed by atoms with Crippen LogP contribution in [0.5, 0.6) is 11.5 Å².